The predicted molar refractivity (Wildman–Crippen MR) is 343 cm³/mol. The highest BCUT2D eigenvalue weighted by atomic mass is 16.6. The normalized spacial score (nSPS) is 12.9. The van der Waals surface area contributed by atoms with Gasteiger partial charge in [0.1, 0.15) is 13.2 Å². The molecule has 0 aromatic rings. The minimum Gasteiger partial charge on any atom is -0.462 e. The van der Waals surface area contributed by atoms with Crippen molar-refractivity contribution in [3.8, 4) is 0 Å². The summed E-state index contributed by atoms with van der Waals surface area (Å²) in [5, 5.41) is 0. The Balaban J connectivity index is 4.50. The van der Waals surface area contributed by atoms with Crippen molar-refractivity contribution >= 4 is 17.9 Å². The minimum absolute atomic E-state index is 0.100. The SMILES string of the molecule is CC/C=C\C/C=C\C/C=C\C/C=C\C/C=C\C/C=C\CCCCC(=O)OCC(COC(=O)CCCCCCCCCCC/C=C\CCCCCCCC)OC(=O)CCCCCCCC/C=C\C/C=C\C/C=C\CCCCCCC. The van der Waals surface area contributed by atoms with Crippen LogP contribution in [0.25, 0.3) is 0 Å². The van der Waals surface area contributed by atoms with Crippen LogP contribution >= 0.6 is 0 Å². The van der Waals surface area contributed by atoms with Gasteiger partial charge in [-0.15, -0.1) is 0 Å². The second-order valence-electron chi connectivity index (χ2n) is 21.6. The fourth-order valence-electron chi connectivity index (χ4n) is 8.98. The van der Waals surface area contributed by atoms with Gasteiger partial charge in [-0.25, -0.2) is 0 Å². The Bertz CT molecular complexity index is 1640. The van der Waals surface area contributed by atoms with Crippen molar-refractivity contribution in [2.24, 2.45) is 0 Å². The lowest BCUT2D eigenvalue weighted by Gasteiger charge is -2.18. The van der Waals surface area contributed by atoms with E-state index in [2.05, 4.69) is 142 Å². The summed E-state index contributed by atoms with van der Waals surface area (Å²) in [5.41, 5.74) is 0. The summed E-state index contributed by atoms with van der Waals surface area (Å²) in [4.78, 5) is 38.4. The summed E-state index contributed by atoms with van der Waals surface area (Å²) >= 11 is 0. The number of carbonyl (C=O) groups is 3. The van der Waals surface area contributed by atoms with Gasteiger partial charge in [0.05, 0.1) is 0 Å². The molecule has 0 rings (SSSR count). The number of allylic oxidation sites excluding steroid dienone is 20. The monoisotopic (exact) mass is 1090 g/mol. The van der Waals surface area contributed by atoms with E-state index < -0.39 is 6.10 Å². The van der Waals surface area contributed by atoms with Crippen LogP contribution in [0.1, 0.15) is 303 Å². The summed E-state index contributed by atoms with van der Waals surface area (Å²) in [6.07, 6.45) is 92.0. The quantitative estimate of drug-likeness (QED) is 0.0261. The van der Waals surface area contributed by atoms with Crippen LogP contribution in [-0.2, 0) is 28.6 Å². The van der Waals surface area contributed by atoms with Gasteiger partial charge >= 0.3 is 17.9 Å². The number of carbonyl (C=O) groups excluding carboxylic acids is 3. The molecule has 0 heterocycles. The van der Waals surface area contributed by atoms with Gasteiger partial charge in [0.2, 0.25) is 0 Å². The van der Waals surface area contributed by atoms with E-state index in [0.29, 0.717) is 25.7 Å². The Labute approximate surface area is 488 Å². The Morgan fingerprint density at radius 3 is 0.810 bits per heavy atom. The average Bonchev–Trinajstić information content (AvgIpc) is 3.45. The zero-order chi connectivity index (χ0) is 57.1. The molecule has 0 bridgehead atoms. The molecule has 0 radical (unpaired) electrons. The van der Waals surface area contributed by atoms with E-state index in [1.807, 2.05) is 0 Å². The molecule has 0 spiro atoms. The molecule has 0 N–H and O–H groups in total. The molecular weight excluding hydrogens is 973 g/mol. The summed E-state index contributed by atoms with van der Waals surface area (Å²) in [6.45, 7) is 6.48. The second-order valence-corrected chi connectivity index (χ2v) is 21.6. The predicted octanol–water partition coefficient (Wildman–Crippen LogP) is 22.8. The molecule has 0 aliphatic rings. The van der Waals surface area contributed by atoms with Crippen molar-refractivity contribution in [1.82, 2.24) is 0 Å². The second kappa shape index (κ2) is 66.3. The zero-order valence-electron chi connectivity index (χ0n) is 51.6. The van der Waals surface area contributed by atoms with Crippen molar-refractivity contribution in [2.75, 3.05) is 13.2 Å². The van der Waals surface area contributed by atoms with Crippen LogP contribution in [0.3, 0.4) is 0 Å². The fourth-order valence-corrected chi connectivity index (χ4v) is 8.98. The van der Waals surface area contributed by atoms with Gasteiger partial charge in [0.25, 0.3) is 0 Å². The first kappa shape index (κ1) is 74.8. The molecule has 0 aromatic carbocycles. The Hall–Kier alpha value is -4.19. The van der Waals surface area contributed by atoms with Gasteiger partial charge in [-0.3, -0.25) is 14.4 Å². The first-order valence-corrected chi connectivity index (χ1v) is 33.0. The molecule has 1 atom stereocenters. The van der Waals surface area contributed by atoms with Crippen LogP contribution < -0.4 is 0 Å². The topological polar surface area (TPSA) is 78.9 Å². The number of rotatable bonds is 59. The van der Waals surface area contributed by atoms with Gasteiger partial charge in [0, 0.05) is 19.3 Å². The van der Waals surface area contributed by atoms with Crippen molar-refractivity contribution < 1.29 is 28.6 Å². The lowest BCUT2D eigenvalue weighted by atomic mass is 10.1. The third kappa shape index (κ3) is 64.5. The first-order valence-electron chi connectivity index (χ1n) is 33.0. The van der Waals surface area contributed by atoms with Crippen molar-refractivity contribution in [2.45, 2.75) is 309 Å². The van der Waals surface area contributed by atoms with E-state index >= 15 is 0 Å². The smallest absolute Gasteiger partial charge is 0.306 e. The molecule has 79 heavy (non-hydrogen) atoms. The fraction of sp³-hybridized carbons (Fsp3) is 0.685. The summed E-state index contributed by atoms with van der Waals surface area (Å²) in [5.74, 6) is -0.954. The molecule has 1 unspecified atom stereocenters. The van der Waals surface area contributed by atoms with Crippen molar-refractivity contribution in [3.63, 3.8) is 0 Å². The van der Waals surface area contributed by atoms with Crippen LogP contribution in [0.5, 0.6) is 0 Å². The van der Waals surface area contributed by atoms with Crippen LogP contribution in [0.15, 0.2) is 122 Å². The molecule has 0 saturated carbocycles. The summed E-state index contributed by atoms with van der Waals surface area (Å²) < 4.78 is 16.9. The standard InChI is InChI=1S/C73H122O6/c1-4-7-10-13-16-19-22-25-28-31-34-36-39-42-45-48-51-54-57-60-63-66-72(75)78-69-70(68-77-71(74)65-62-59-56-53-50-47-44-41-38-33-30-27-24-21-18-15-12-9-6-3)79-73(76)67-64-61-58-55-52-49-46-43-40-37-35-32-29-26-23-20-17-14-11-8-5-2/h7,10,16,19,23,25-28,30,32,34-36,40,42-43,45,51,54,70H,4-6,8-9,11-15,17-18,20-22,24,29,31,33,37-39,41,44,46-50,52-53,55-69H2,1-3H3/b10-7-,19-16-,26-23-,28-25-,30-27-,35-32-,36-34-,43-40-,45-42-,54-51-. The van der Waals surface area contributed by atoms with Gasteiger partial charge in [-0.1, -0.05) is 271 Å². The van der Waals surface area contributed by atoms with Gasteiger partial charge in [-0.05, 0) is 135 Å². The number of unbranched alkanes of at least 4 members (excludes halogenated alkanes) is 28. The Morgan fingerprint density at radius 2 is 0.494 bits per heavy atom. The van der Waals surface area contributed by atoms with Crippen molar-refractivity contribution in [1.29, 1.82) is 0 Å². The molecular formula is C73H122O6. The molecule has 0 saturated heterocycles. The summed E-state index contributed by atoms with van der Waals surface area (Å²) in [6, 6.07) is 0. The third-order valence-electron chi connectivity index (χ3n) is 13.9. The Morgan fingerprint density at radius 1 is 0.266 bits per heavy atom. The number of hydrogen-bond donors (Lipinski definition) is 0. The molecule has 6 nitrogen and oxygen atoms in total. The number of hydrogen-bond acceptors (Lipinski definition) is 6. The lowest BCUT2D eigenvalue weighted by molar-refractivity contribution is -0.167. The van der Waals surface area contributed by atoms with Crippen molar-refractivity contribution in [3.05, 3.63) is 122 Å². The molecule has 6 heteroatoms. The highest BCUT2D eigenvalue weighted by Gasteiger charge is 2.19. The number of ether oxygens (including phenoxy) is 3. The highest BCUT2D eigenvalue weighted by Crippen LogP contribution is 2.15. The van der Waals surface area contributed by atoms with Crippen LogP contribution in [0, 0.1) is 0 Å². The van der Waals surface area contributed by atoms with Gasteiger partial charge in [0.15, 0.2) is 6.10 Å². The van der Waals surface area contributed by atoms with Gasteiger partial charge in [-0.2, -0.15) is 0 Å². The van der Waals surface area contributed by atoms with E-state index in [-0.39, 0.29) is 31.1 Å². The molecule has 0 fully saturated rings. The maximum absolute atomic E-state index is 12.9. The van der Waals surface area contributed by atoms with E-state index in [4.69, 9.17) is 14.2 Å². The Kier molecular flexibility index (Phi) is 62.8. The minimum atomic E-state index is -0.810. The lowest BCUT2D eigenvalue weighted by Crippen LogP contribution is -2.30. The van der Waals surface area contributed by atoms with E-state index in [1.54, 1.807) is 0 Å². The molecule has 0 aromatic heterocycles. The van der Waals surface area contributed by atoms with Crippen LogP contribution in [0.4, 0.5) is 0 Å². The molecule has 450 valence electrons. The first-order chi connectivity index (χ1) is 39.0. The average molecular weight is 1100 g/mol. The van der Waals surface area contributed by atoms with E-state index in [0.717, 1.165) is 116 Å². The van der Waals surface area contributed by atoms with Crippen LogP contribution in [0.2, 0.25) is 0 Å². The van der Waals surface area contributed by atoms with E-state index in [9.17, 15) is 14.4 Å². The molecule has 0 aliphatic carbocycles. The van der Waals surface area contributed by atoms with Gasteiger partial charge < -0.3 is 14.2 Å². The molecule has 0 aliphatic heterocycles. The maximum atomic E-state index is 12.9. The van der Waals surface area contributed by atoms with Crippen LogP contribution in [-0.4, -0.2) is 37.2 Å². The largest absolute Gasteiger partial charge is 0.462 e. The highest BCUT2D eigenvalue weighted by molar-refractivity contribution is 5.71. The van der Waals surface area contributed by atoms with E-state index in [1.165, 1.54) is 141 Å². The third-order valence-corrected chi connectivity index (χ3v) is 13.9. The molecule has 0 amide bonds. The zero-order valence-corrected chi connectivity index (χ0v) is 51.6. The maximum Gasteiger partial charge on any atom is 0.306 e. The number of esters is 3. The summed E-state index contributed by atoms with van der Waals surface area (Å²) in [7, 11) is 0.